The fourth-order valence-electron chi connectivity index (χ4n) is 2.12. The van der Waals surface area contributed by atoms with Gasteiger partial charge in [0.15, 0.2) is 0 Å². The molecule has 1 atom stereocenters. The normalized spacial score (nSPS) is 18.4. The number of likely N-dealkylation sites (N-methyl/N-ethyl adjacent to an activating group) is 1. The number of hydrogen-bond acceptors (Lipinski definition) is 3. The second kappa shape index (κ2) is 5.66. The molecule has 1 unspecified atom stereocenters. The fourth-order valence-corrected chi connectivity index (χ4v) is 3.37. The van der Waals surface area contributed by atoms with Crippen molar-refractivity contribution in [2.75, 3.05) is 12.8 Å². The molecule has 1 aromatic rings. The van der Waals surface area contributed by atoms with Crippen LogP contribution >= 0.6 is 24.0 Å². The molecule has 1 fully saturated rings. The summed E-state index contributed by atoms with van der Waals surface area (Å²) >= 11 is 6.12. The summed E-state index contributed by atoms with van der Waals surface area (Å²) in [7, 11) is 1.93. The zero-order valence-electron chi connectivity index (χ0n) is 11.1. The first-order valence-electron chi connectivity index (χ1n) is 6.45. The summed E-state index contributed by atoms with van der Waals surface area (Å²) < 4.78 is 0. The van der Waals surface area contributed by atoms with E-state index in [1.165, 1.54) is 4.88 Å². The molecule has 0 saturated heterocycles. The maximum Gasteiger partial charge on any atom is 0.223 e. The second-order valence-corrected chi connectivity index (χ2v) is 6.82. The van der Waals surface area contributed by atoms with Crippen molar-refractivity contribution in [1.29, 1.82) is 0 Å². The van der Waals surface area contributed by atoms with E-state index < -0.39 is 0 Å². The molecule has 18 heavy (non-hydrogen) atoms. The second-order valence-electron chi connectivity index (χ2n) is 5.47. The predicted octanol–water partition coefficient (Wildman–Crippen LogP) is 3.24. The highest BCUT2D eigenvalue weighted by Gasteiger charge is 2.43. The van der Waals surface area contributed by atoms with Crippen LogP contribution in [0.15, 0.2) is 17.5 Å². The molecule has 100 valence electrons. The van der Waals surface area contributed by atoms with Crippen LogP contribution in [-0.4, -0.2) is 29.6 Å². The Hall–Kier alpha value is -0.480. The van der Waals surface area contributed by atoms with Crippen LogP contribution in [0.3, 0.4) is 0 Å². The van der Waals surface area contributed by atoms with E-state index in [0.717, 1.165) is 25.0 Å². The number of thiophene rings is 1. The Kier molecular flexibility index (Phi) is 4.38. The molecule has 0 spiro atoms. The lowest BCUT2D eigenvalue weighted by molar-refractivity contribution is -0.132. The fraction of sp³-hybridized carbons (Fsp3) is 0.643. The molecule has 0 aliphatic heterocycles. The summed E-state index contributed by atoms with van der Waals surface area (Å²) in [6.45, 7) is 2.12. The highest BCUT2D eigenvalue weighted by Crippen LogP contribution is 2.49. The predicted molar refractivity (Wildman–Crippen MR) is 80.4 cm³/mol. The van der Waals surface area contributed by atoms with Crippen LogP contribution in [0.4, 0.5) is 0 Å². The summed E-state index contributed by atoms with van der Waals surface area (Å²) in [6.07, 6.45) is 3.94. The number of carbonyl (C=O) groups excluding carboxylic acids is 1. The highest BCUT2D eigenvalue weighted by atomic mass is 32.1. The largest absolute Gasteiger partial charge is 0.343 e. The number of thiol groups is 1. The van der Waals surface area contributed by atoms with E-state index in [1.54, 1.807) is 11.3 Å². The van der Waals surface area contributed by atoms with E-state index in [9.17, 15) is 4.79 Å². The quantitative estimate of drug-likeness (QED) is 0.795. The molecular weight excluding hydrogens is 262 g/mol. The lowest BCUT2D eigenvalue weighted by Crippen LogP contribution is -2.37. The molecule has 4 heteroatoms. The Balaban J connectivity index is 1.86. The van der Waals surface area contributed by atoms with Gasteiger partial charge in [0.25, 0.3) is 0 Å². The lowest BCUT2D eigenvalue weighted by atomic mass is 10.0. The van der Waals surface area contributed by atoms with Crippen molar-refractivity contribution in [3.05, 3.63) is 22.4 Å². The van der Waals surface area contributed by atoms with Crippen molar-refractivity contribution in [3.8, 4) is 0 Å². The first-order valence-corrected chi connectivity index (χ1v) is 7.96. The number of carbonyl (C=O) groups is 1. The third-order valence-corrected chi connectivity index (χ3v) is 5.52. The molecule has 0 N–H and O–H groups in total. The molecule has 0 aromatic carbocycles. The van der Waals surface area contributed by atoms with Crippen LogP contribution in [-0.2, 0) is 11.2 Å². The molecule has 1 aliphatic carbocycles. The van der Waals surface area contributed by atoms with Gasteiger partial charge in [-0.25, -0.2) is 0 Å². The van der Waals surface area contributed by atoms with Gasteiger partial charge in [-0.15, -0.1) is 11.3 Å². The van der Waals surface area contributed by atoms with Gasteiger partial charge in [-0.2, -0.15) is 12.6 Å². The first-order chi connectivity index (χ1) is 8.56. The topological polar surface area (TPSA) is 20.3 Å². The average molecular weight is 283 g/mol. The minimum Gasteiger partial charge on any atom is -0.343 e. The van der Waals surface area contributed by atoms with Crippen molar-refractivity contribution in [2.24, 2.45) is 5.41 Å². The monoisotopic (exact) mass is 283 g/mol. The molecule has 2 nitrogen and oxygen atoms in total. The van der Waals surface area contributed by atoms with Crippen LogP contribution in [0.2, 0.25) is 0 Å². The van der Waals surface area contributed by atoms with Gasteiger partial charge < -0.3 is 4.90 Å². The van der Waals surface area contributed by atoms with Gasteiger partial charge in [0, 0.05) is 30.8 Å². The third-order valence-electron chi connectivity index (χ3n) is 3.95. The van der Waals surface area contributed by atoms with Gasteiger partial charge in [0.05, 0.1) is 0 Å². The maximum atomic E-state index is 12.2. The molecule has 0 radical (unpaired) electrons. The molecule has 1 heterocycles. The highest BCUT2D eigenvalue weighted by molar-refractivity contribution is 7.80. The molecular formula is C14H21NOS2. The van der Waals surface area contributed by atoms with Crippen molar-refractivity contribution >= 4 is 29.9 Å². The van der Waals surface area contributed by atoms with Gasteiger partial charge in [0.1, 0.15) is 0 Å². The minimum absolute atomic E-state index is 0.219. The Bertz CT molecular complexity index is 398. The summed E-state index contributed by atoms with van der Waals surface area (Å²) in [5.41, 5.74) is 0.219. The molecule has 1 saturated carbocycles. The van der Waals surface area contributed by atoms with E-state index in [4.69, 9.17) is 0 Å². The summed E-state index contributed by atoms with van der Waals surface area (Å²) in [5, 5.41) is 2.09. The Morgan fingerprint density at radius 3 is 2.83 bits per heavy atom. The van der Waals surface area contributed by atoms with Crippen LogP contribution in [0.1, 0.15) is 31.1 Å². The van der Waals surface area contributed by atoms with Crippen LogP contribution in [0.5, 0.6) is 0 Å². The van der Waals surface area contributed by atoms with E-state index in [2.05, 4.69) is 37.1 Å². The molecule has 1 aliphatic rings. The van der Waals surface area contributed by atoms with Crippen molar-refractivity contribution in [2.45, 2.75) is 38.6 Å². The average Bonchev–Trinajstić information content (AvgIpc) is 2.94. The van der Waals surface area contributed by atoms with E-state index in [0.29, 0.717) is 6.42 Å². The van der Waals surface area contributed by atoms with E-state index in [1.807, 2.05) is 11.9 Å². The number of amides is 1. The van der Waals surface area contributed by atoms with Gasteiger partial charge in [-0.3, -0.25) is 4.79 Å². The van der Waals surface area contributed by atoms with Gasteiger partial charge in [-0.1, -0.05) is 6.07 Å². The van der Waals surface area contributed by atoms with Gasteiger partial charge in [-0.05, 0) is 42.4 Å². The van der Waals surface area contributed by atoms with Crippen LogP contribution in [0.25, 0.3) is 0 Å². The summed E-state index contributed by atoms with van der Waals surface area (Å²) in [4.78, 5) is 15.5. The minimum atomic E-state index is 0.219. The number of nitrogens with zero attached hydrogens (tertiary/aromatic N) is 1. The zero-order valence-corrected chi connectivity index (χ0v) is 12.8. The standard InChI is InChI=1S/C14H21NOS2/c1-11(8-12-4-3-7-18-12)15(2)13(16)9-14(10-17)5-6-14/h3-4,7,11,17H,5-6,8-10H2,1-2H3. The summed E-state index contributed by atoms with van der Waals surface area (Å²) in [6, 6.07) is 4.47. The number of rotatable bonds is 6. The molecule has 2 rings (SSSR count). The zero-order chi connectivity index (χ0) is 13.2. The van der Waals surface area contributed by atoms with Crippen molar-refractivity contribution in [1.82, 2.24) is 4.90 Å². The maximum absolute atomic E-state index is 12.2. The van der Waals surface area contributed by atoms with Crippen LogP contribution < -0.4 is 0 Å². The molecule has 0 bridgehead atoms. The Labute approximate surface area is 119 Å². The lowest BCUT2D eigenvalue weighted by Gasteiger charge is -2.26. The molecule has 1 aromatic heterocycles. The smallest absolute Gasteiger partial charge is 0.223 e. The Morgan fingerprint density at radius 2 is 2.33 bits per heavy atom. The van der Waals surface area contributed by atoms with Gasteiger partial charge >= 0.3 is 0 Å². The van der Waals surface area contributed by atoms with Crippen molar-refractivity contribution in [3.63, 3.8) is 0 Å². The number of hydrogen-bond donors (Lipinski definition) is 1. The van der Waals surface area contributed by atoms with Crippen LogP contribution in [0, 0.1) is 5.41 Å². The summed E-state index contributed by atoms with van der Waals surface area (Å²) in [5.74, 6) is 1.11. The first kappa shape index (κ1) is 13.9. The molecule has 1 amide bonds. The van der Waals surface area contributed by atoms with Gasteiger partial charge in [0.2, 0.25) is 5.91 Å². The van der Waals surface area contributed by atoms with E-state index >= 15 is 0 Å². The SMILES string of the molecule is CC(Cc1cccs1)N(C)C(=O)CC1(CS)CC1. The van der Waals surface area contributed by atoms with Crippen molar-refractivity contribution < 1.29 is 4.79 Å². The Morgan fingerprint density at radius 1 is 1.61 bits per heavy atom. The third kappa shape index (κ3) is 3.29. The van der Waals surface area contributed by atoms with E-state index in [-0.39, 0.29) is 17.4 Å².